The fourth-order valence-corrected chi connectivity index (χ4v) is 4.24. The lowest BCUT2D eigenvalue weighted by Crippen LogP contribution is -2.37. The molecule has 1 aromatic heterocycles. The van der Waals surface area contributed by atoms with E-state index in [0.29, 0.717) is 6.04 Å². The minimum absolute atomic E-state index is 0.677. The smallest absolute Gasteiger partial charge is 0.0349 e. The van der Waals surface area contributed by atoms with Crippen LogP contribution in [0.15, 0.2) is 35.7 Å². The summed E-state index contributed by atoms with van der Waals surface area (Å²) in [6.07, 6.45) is 7.34. The SMILES string of the molecule is CN(CCCCc1cccs1)C1CCc2c(N)cccc2C1. The molecule has 1 unspecified atom stereocenters. The highest BCUT2D eigenvalue weighted by Crippen LogP contribution is 2.28. The van der Waals surface area contributed by atoms with Crippen molar-refractivity contribution in [1.82, 2.24) is 4.90 Å². The molecule has 1 atom stereocenters. The molecule has 0 radical (unpaired) electrons. The number of aryl methyl sites for hydroxylation is 1. The number of nitrogens with zero attached hydrogens (tertiary/aromatic N) is 1. The number of likely N-dealkylation sites (N-methyl/N-ethyl adjacent to an activating group) is 1. The number of nitrogen functional groups attached to an aromatic ring is 1. The molecule has 0 spiro atoms. The summed E-state index contributed by atoms with van der Waals surface area (Å²) in [5.74, 6) is 0. The Morgan fingerprint density at radius 3 is 2.95 bits per heavy atom. The fourth-order valence-electron chi connectivity index (χ4n) is 3.49. The van der Waals surface area contributed by atoms with E-state index < -0.39 is 0 Å². The molecule has 2 nitrogen and oxygen atoms in total. The predicted octanol–water partition coefficient (Wildman–Crippen LogP) is 4.14. The molecule has 118 valence electrons. The van der Waals surface area contributed by atoms with Crippen molar-refractivity contribution in [3.05, 3.63) is 51.7 Å². The van der Waals surface area contributed by atoms with Gasteiger partial charge in [0.15, 0.2) is 0 Å². The molecule has 3 heteroatoms. The second kappa shape index (κ2) is 7.30. The summed E-state index contributed by atoms with van der Waals surface area (Å²) < 4.78 is 0. The Morgan fingerprint density at radius 2 is 2.14 bits per heavy atom. The maximum Gasteiger partial charge on any atom is 0.0349 e. The third kappa shape index (κ3) is 3.71. The Bertz CT molecular complexity index is 591. The second-order valence-corrected chi connectivity index (χ2v) is 7.43. The first-order valence-electron chi connectivity index (χ1n) is 8.33. The molecule has 2 N–H and O–H groups in total. The minimum atomic E-state index is 0.677. The van der Waals surface area contributed by atoms with Crippen LogP contribution in [0, 0.1) is 0 Å². The highest BCUT2D eigenvalue weighted by molar-refractivity contribution is 7.09. The van der Waals surface area contributed by atoms with Gasteiger partial charge in [-0.25, -0.2) is 0 Å². The molecule has 0 saturated heterocycles. The van der Waals surface area contributed by atoms with Crippen LogP contribution >= 0.6 is 11.3 Å². The van der Waals surface area contributed by atoms with Crippen LogP contribution in [-0.4, -0.2) is 24.5 Å². The monoisotopic (exact) mass is 314 g/mol. The Labute approximate surface area is 138 Å². The summed E-state index contributed by atoms with van der Waals surface area (Å²) >= 11 is 1.88. The third-order valence-electron chi connectivity index (χ3n) is 4.88. The lowest BCUT2D eigenvalue weighted by Gasteiger charge is -2.33. The second-order valence-electron chi connectivity index (χ2n) is 6.40. The van der Waals surface area contributed by atoms with Crippen molar-refractivity contribution in [2.75, 3.05) is 19.3 Å². The number of anilines is 1. The molecule has 1 aliphatic carbocycles. The number of hydrogen-bond donors (Lipinski definition) is 1. The zero-order valence-electron chi connectivity index (χ0n) is 13.4. The van der Waals surface area contributed by atoms with Crippen molar-refractivity contribution in [2.45, 2.75) is 44.6 Å². The van der Waals surface area contributed by atoms with Gasteiger partial charge in [-0.3, -0.25) is 0 Å². The van der Waals surface area contributed by atoms with Crippen LogP contribution in [0.5, 0.6) is 0 Å². The quantitative estimate of drug-likeness (QED) is 0.641. The molecule has 22 heavy (non-hydrogen) atoms. The van der Waals surface area contributed by atoms with Crippen molar-refractivity contribution in [2.24, 2.45) is 0 Å². The van der Waals surface area contributed by atoms with Gasteiger partial charge in [0.05, 0.1) is 0 Å². The first-order valence-corrected chi connectivity index (χ1v) is 9.21. The summed E-state index contributed by atoms with van der Waals surface area (Å²) in [5, 5.41) is 2.17. The number of nitrogens with two attached hydrogens (primary N) is 1. The highest BCUT2D eigenvalue weighted by Gasteiger charge is 2.22. The van der Waals surface area contributed by atoms with Crippen LogP contribution < -0.4 is 5.73 Å². The van der Waals surface area contributed by atoms with Gasteiger partial charge in [0.1, 0.15) is 0 Å². The Morgan fingerprint density at radius 1 is 1.23 bits per heavy atom. The predicted molar refractivity (Wildman–Crippen MR) is 96.6 cm³/mol. The van der Waals surface area contributed by atoms with Gasteiger partial charge in [-0.1, -0.05) is 18.2 Å². The van der Waals surface area contributed by atoms with Gasteiger partial charge in [-0.05, 0) is 80.8 Å². The zero-order valence-corrected chi connectivity index (χ0v) is 14.2. The summed E-state index contributed by atoms with van der Waals surface area (Å²) in [6, 6.07) is 11.5. The number of thiophene rings is 1. The number of hydrogen-bond acceptors (Lipinski definition) is 3. The van der Waals surface area contributed by atoms with Crippen LogP contribution in [0.25, 0.3) is 0 Å². The lowest BCUT2D eigenvalue weighted by atomic mass is 9.86. The summed E-state index contributed by atoms with van der Waals surface area (Å²) in [4.78, 5) is 4.07. The van der Waals surface area contributed by atoms with Crippen molar-refractivity contribution >= 4 is 17.0 Å². The number of fused-ring (bicyclic) bond motifs is 1. The Hall–Kier alpha value is -1.32. The van der Waals surface area contributed by atoms with E-state index >= 15 is 0 Å². The average Bonchev–Trinajstić information content (AvgIpc) is 3.04. The van der Waals surface area contributed by atoms with E-state index in [1.165, 1.54) is 48.2 Å². The van der Waals surface area contributed by atoms with Crippen LogP contribution in [0.3, 0.4) is 0 Å². The van der Waals surface area contributed by atoms with Crippen LogP contribution in [0.4, 0.5) is 5.69 Å². The van der Waals surface area contributed by atoms with E-state index in [0.717, 1.165) is 18.5 Å². The zero-order chi connectivity index (χ0) is 15.4. The van der Waals surface area contributed by atoms with Crippen molar-refractivity contribution in [3.63, 3.8) is 0 Å². The van der Waals surface area contributed by atoms with Crippen molar-refractivity contribution in [3.8, 4) is 0 Å². The van der Waals surface area contributed by atoms with Gasteiger partial charge in [0.25, 0.3) is 0 Å². The van der Waals surface area contributed by atoms with E-state index in [1.54, 1.807) is 0 Å². The van der Waals surface area contributed by atoms with Crippen molar-refractivity contribution < 1.29 is 0 Å². The maximum absolute atomic E-state index is 6.09. The summed E-state index contributed by atoms with van der Waals surface area (Å²) in [6.45, 7) is 1.20. The lowest BCUT2D eigenvalue weighted by molar-refractivity contribution is 0.218. The van der Waals surface area contributed by atoms with Crippen LogP contribution in [0.2, 0.25) is 0 Å². The molecule has 0 fully saturated rings. The highest BCUT2D eigenvalue weighted by atomic mass is 32.1. The first-order chi connectivity index (χ1) is 10.7. The molecule has 3 rings (SSSR count). The molecular weight excluding hydrogens is 288 g/mol. The van der Waals surface area contributed by atoms with Crippen LogP contribution in [-0.2, 0) is 19.3 Å². The molecule has 0 amide bonds. The van der Waals surface area contributed by atoms with Crippen LogP contribution in [0.1, 0.15) is 35.3 Å². The average molecular weight is 314 g/mol. The normalized spacial score (nSPS) is 17.6. The molecular formula is C19H26N2S. The first kappa shape index (κ1) is 15.6. The van der Waals surface area contributed by atoms with Crippen molar-refractivity contribution in [1.29, 1.82) is 0 Å². The topological polar surface area (TPSA) is 29.3 Å². The number of benzene rings is 1. The van der Waals surface area contributed by atoms with E-state index in [4.69, 9.17) is 5.73 Å². The number of rotatable bonds is 6. The number of unbranched alkanes of at least 4 members (excludes halogenated alkanes) is 1. The van der Waals surface area contributed by atoms with Gasteiger partial charge >= 0.3 is 0 Å². The van der Waals surface area contributed by atoms with Gasteiger partial charge in [0, 0.05) is 16.6 Å². The van der Waals surface area contributed by atoms with E-state index in [9.17, 15) is 0 Å². The van der Waals surface area contributed by atoms with Gasteiger partial charge in [-0.2, -0.15) is 0 Å². The summed E-state index contributed by atoms with van der Waals surface area (Å²) in [7, 11) is 2.28. The standard InChI is InChI=1S/C19H26N2S/c1-21(12-3-2-7-17-8-5-13-22-17)16-10-11-18-15(14-16)6-4-9-19(18)20/h4-6,8-9,13,16H,2-3,7,10-12,14,20H2,1H3. The third-order valence-corrected chi connectivity index (χ3v) is 5.82. The Balaban J connectivity index is 1.46. The molecule has 0 saturated carbocycles. The van der Waals surface area contributed by atoms with E-state index in [-0.39, 0.29) is 0 Å². The Kier molecular flexibility index (Phi) is 5.16. The molecule has 2 aromatic rings. The van der Waals surface area contributed by atoms with Gasteiger partial charge < -0.3 is 10.6 Å². The molecule has 0 bridgehead atoms. The maximum atomic E-state index is 6.09. The largest absolute Gasteiger partial charge is 0.398 e. The van der Waals surface area contributed by atoms with Gasteiger partial charge in [0.2, 0.25) is 0 Å². The minimum Gasteiger partial charge on any atom is -0.398 e. The van der Waals surface area contributed by atoms with Gasteiger partial charge in [-0.15, -0.1) is 11.3 Å². The van der Waals surface area contributed by atoms with E-state index in [1.807, 2.05) is 17.4 Å². The molecule has 0 aliphatic heterocycles. The molecule has 1 aromatic carbocycles. The molecule has 1 aliphatic rings. The van der Waals surface area contributed by atoms with E-state index in [2.05, 4.69) is 41.6 Å². The summed E-state index contributed by atoms with van der Waals surface area (Å²) in [5.41, 5.74) is 9.93. The fraction of sp³-hybridized carbons (Fsp3) is 0.474. The molecule has 1 heterocycles.